The third-order valence-corrected chi connectivity index (χ3v) is 5.29. The number of thiophene rings is 1. The molecule has 24 heavy (non-hydrogen) atoms. The van der Waals surface area contributed by atoms with Crippen LogP contribution in [0.3, 0.4) is 0 Å². The minimum absolute atomic E-state index is 0.0591. The van der Waals surface area contributed by atoms with Gasteiger partial charge >= 0.3 is 0 Å². The predicted molar refractivity (Wildman–Crippen MR) is 92.3 cm³/mol. The standard InChI is InChI=1S/C17H16N4O2S/c22-16-13-3-1-7-18-15(13)19-11-21(16)12-5-8-20(9-6-12)17(23)14-4-2-10-24-14/h1-4,7,10-12H,5-6,8-9H2. The van der Waals surface area contributed by atoms with Crippen molar-refractivity contribution in [1.29, 1.82) is 0 Å². The van der Waals surface area contributed by atoms with Crippen molar-refractivity contribution in [2.75, 3.05) is 13.1 Å². The first-order valence-corrected chi connectivity index (χ1v) is 8.76. The molecule has 0 atom stereocenters. The number of hydrogen-bond donors (Lipinski definition) is 0. The molecule has 0 aliphatic carbocycles. The maximum Gasteiger partial charge on any atom is 0.263 e. The summed E-state index contributed by atoms with van der Waals surface area (Å²) in [5.74, 6) is 0.0802. The summed E-state index contributed by atoms with van der Waals surface area (Å²) >= 11 is 1.46. The second-order valence-electron chi connectivity index (χ2n) is 5.83. The van der Waals surface area contributed by atoms with Crippen molar-refractivity contribution < 1.29 is 4.79 Å². The topological polar surface area (TPSA) is 68.1 Å². The number of piperidine rings is 1. The zero-order chi connectivity index (χ0) is 16.5. The number of nitrogens with zero attached hydrogens (tertiary/aromatic N) is 4. The molecule has 1 amide bonds. The van der Waals surface area contributed by atoms with Crippen LogP contribution >= 0.6 is 11.3 Å². The van der Waals surface area contributed by atoms with Crippen molar-refractivity contribution in [3.05, 3.63) is 57.4 Å². The average Bonchev–Trinajstić information content (AvgIpc) is 3.17. The predicted octanol–water partition coefficient (Wildman–Crippen LogP) is 2.33. The summed E-state index contributed by atoms with van der Waals surface area (Å²) in [6, 6.07) is 7.31. The first-order chi connectivity index (χ1) is 11.7. The molecule has 0 bridgehead atoms. The summed E-state index contributed by atoms with van der Waals surface area (Å²) in [4.78, 5) is 36.1. The number of hydrogen-bond acceptors (Lipinski definition) is 5. The molecule has 122 valence electrons. The quantitative estimate of drug-likeness (QED) is 0.718. The lowest BCUT2D eigenvalue weighted by Gasteiger charge is -2.32. The van der Waals surface area contributed by atoms with Crippen LogP contribution in [0.2, 0.25) is 0 Å². The molecule has 3 aromatic rings. The molecule has 1 fully saturated rings. The Morgan fingerprint density at radius 2 is 2.00 bits per heavy atom. The van der Waals surface area contributed by atoms with E-state index in [1.807, 2.05) is 22.4 Å². The molecule has 4 rings (SSSR count). The number of carbonyl (C=O) groups is 1. The van der Waals surface area contributed by atoms with E-state index < -0.39 is 0 Å². The molecule has 3 aromatic heterocycles. The number of aromatic nitrogens is 3. The van der Waals surface area contributed by atoms with Gasteiger partial charge in [0.25, 0.3) is 11.5 Å². The molecule has 0 N–H and O–H groups in total. The SMILES string of the molecule is O=C(c1cccs1)N1CCC(n2cnc3ncccc3c2=O)CC1. The lowest BCUT2D eigenvalue weighted by molar-refractivity contribution is 0.0698. The lowest BCUT2D eigenvalue weighted by Crippen LogP contribution is -2.40. The van der Waals surface area contributed by atoms with E-state index in [0.29, 0.717) is 24.1 Å². The molecule has 4 heterocycles. The number of likely N-dealkylation sites (tertiary alicyclic amines) is 1. The van der Waals surface area contributed by atoms with Crippen molar-refractivity contribution in [2.45, 2.75) is 18.9 Å². The van der Waals surface area contributed by atoms with Crippen LogP contribution in [-0.4, -0.2) is 38.4 Å². The van der Waals surface area contributed by atoms with Crippen LogP contribution in [0.15, 0.2) is 47.0 Å². The third kappa shape index (κ3) is 2.60. The van der Waals surface area contributed by atoms with Gasteiger partial charge in [-0.1, -0.05) is 6.07 Å². The molecule has 7 heteroatoms. The fourth-order valence-corrected chi connectivity index (χ4v) is 3.83. The van der Waals surface area contributed by atoms with Crippen molar-refractivity contribution in [2.24, 2.45) is 0 Å². The summed E-state index contributed by atoms with van der Waals surface area (Å²) in [5, 5.41) is 2.45. The van der Waals surface area contributed by atoms with Crippen molar-refractivity contribution in [1.82, 2.24) is 19.4 Å². The Balaban J connectivity index is 1.53. The smallest absolute Gasteiger partial charge is 0.263 e. The van der Waals surface area contributed by atoms with Gasteiger partial charge in [0.1, 0.15) is 6.33 Å². The monoisotopic (exact) mass is 340 g/mol. The maximum absolute atomic E-state index is 12.6. The normalized spacial score (nSPS) is 15.8. The summed E-state index contributed by atoms with van der Waals surface area (Å²) in [6.07, 6.45) is 4.72. The Hall–Kier alpha value is -2.54. The highest BCUT2D eigenvalue weighted by atomic mass is 32.1. The van der Waals surface area contributed by atoms with Gasteiger partial charge in [-0.25, -0.2) is 9.97 Å². The minimum atomic E-state index is -0.0591. The third-order valence-electron chi connectivity index (χ3n) is 4.43. The number of pyridine rings is 1. The van der Waals surface area contributed by atoms with Crippen LogP contribution in [0, 0.1) is 0 Å². The molecular formula is C17H16N4O2S. The van der Waals surface area contributed by atoms with E-state index in [0.717, 1.165) is 17.7 Å². The Morgan fingerprint density at radius 3 is 2.75 bits per heavy atom. The van der Waals surface area contributed by atoms with Gasteiger partial charge in [-0.05, 0) is 36.4 Å². The highest BCUT2D eigenvalue weighted by molar-refractivity contribution is 7.12. The summed E-state index contributed by atoms with van der Waals surface area (Å²) in [5.41, 5.74) is 0.417. The number of fused-ring (bicyclic) bond motifs is 1. The molecule has 0 spiro atoms. The van der Waals surface area contributed by atoms with Gasteiger partial charge in [0, 0.05) is 25.3 Å². The Labute approximate surface area is 142 Å². The van der Waals surface area contributed by atoms with Crippen molar-refractivity contribution in [3.8, 4) is 0 Å². The van der Waals surface area contributed by atoms with Crippen LogP contribution in [0.5, 0.6) is 0 Å². The fourth-order valence-electron chi connectivity index (χ4n) is 3.14. The van der Waals surface area contributed by atoms with Gasteiger partial charge in [0.2, 0.25) is 0 Å². The van der Waals surface area contributed by atoms with Gasteiger partial charge in [0.05, 0.1) is 10.3 Å². The molecule has 0 aromatic carbocycles. The average molecular weight is 340 g/mol. The second-order valence-corrected chi connectivity index (χ2v) is 6.78. The van der Waals surface area contributed by atoms with Gasteiger partial charge in [0.15, 0.2) is 5.65 Å². The van der Waals surface area contributed by atoms with Crippen LogP contribution in [0.1, 0.15) is 28.6 Å². The van der Waals surface area contributed by atoms with E-state index in [9.17, 15) is 9.59 Å². The Kier molecular flexibility index (Phi) is 3.86. The number of amides is 1. The van der Waals surface area contributed by atoms with Crippen LogP contribution in [-0.2, 0) is 0 Å². The highest BCUT2D eigenvalue weighted by Gasteiger charge is 2.26. The van der Waals surface area contributed by atoms with E-state index >= 15 is 0 Å². The molecular weight excluding hydrogens is 324 g/mol. The van der Waals surface area contributed by atoms with Gasteiger partial charge in [-0.2, -0.15) is 0 Å². The molecule has 6 nitrogen and oxygen atoms in total. The van der Waals surface area contributed by atoms with E-state index in [1.165, 1.54) is 11.3 Å². The summed E-state index contributed by atoms with van der Waals surface area (Å²) < 4.78 is 1.69. The number of carbonyl (C=O) groups excluding carboxylic acids is 1. The molecule has 1 aliphatic rings. The van der Waals surface area contributed by atoms with E-state index in [1.54, 1.807) is 29.2 Å². The van der Waals surface area contributed by atoms with Gasteiger partial charge in [-0.3, -0.25) is 14.2 Å². The Bertz CT molecular complexity index is 927. The minimum Gasteiger partial charge on any atom is -0.338 e. The van der Waals surface area contributed by atoms with Gasteiger partial charge < -0.3 is 4.90 Å². The molecule has 1 saturated heterocycles. The van der Waals surface area contributed by atoms with Crippen molar-refractivity contribution in [3.63, 3.8) is 0 Å². The zero-order valence-corrected chi connectivity index (χ0v) is 13.8. The highest BCUT2D eigenvalue weighted by Crippen LogP contribution is 2.23. The molecule has 0 radical (unpaired) electrons. The second kappa shape index (κ2) is 6.16. The molecule has 0 unspecified atom stereocenters. The van der Waals surface area contributed by atoms with Crippen LogP contribution < -0.4 is 5.56 Å². The first kappa shape index (κ1) is 15.0. The number of rotatable bonds is 2. The first-order valence-electron chi connectivity index (χ1n) is 7.88. The van der Waals surface area contributed by atoms with E-state index in [4.69, 9.17) is 0 Å². The molecule has 0 saturated carbocycles. The fraction of sp³-hybridized carbons (Fsp3) is 0.294. The van der Waals surface area contributed by atoms with E-state index in [2.05, 4.69) is 9.97 Å². The van der Waals surface area contributed by atoms with Crippen LogP contribution in [0.25, 0.3) is 11.0 Å². The summed E-state index contributed by atoms with van der Waals surface area (Å²) in [7, 11) is 0. The molecule has 1 aliphatic heterocycles. The Morgan fingerprint density at radius 1 is 1.17 bits per heavy atom. The largest absolute Gasteiger partial charge is 0.338 e. The summed E-state index contributed by atoms with van der Waals surface area (Å²) in [6.45, 7) is 1.30. The van der Waals surface area contributed by atoms with Crippen LogP contribution in [0.4, 0.5) is 0 Å². The van der Waals surface area contributed by atoms with Crippen molar-refractivity contribution >= 4 is 28.3 Å². The van der Waals surface area contributed by atoms with E-state index in [-0.39, 0.29) is 17.5 Å². The maximum atomic E-state index is 12.6. The van der Waals surface area contributed by atoms with Gasteiger partial charge in [-0.15, -0.1) is 11.3 Å². The zero-order valence-electron chi connectivity index (χ0n) is 13.0. The lowest BCUT2D eigenvalue weighted by atomic mass is 10.0.